The van der Waals surface area contributed by atoms with Crippen LogP contribution < -0.4 is 0 Å². The number of benzene rings is 1. The average Bonchev–Trinajstić information content (AvgIpc) is 2.53. The van der Waals surface area contributed by atoms with Crippen molar-refractivity contribution in [3.8, 4) is 17.0 Å². The molecule has 0 amide bonds. The maximum atomic E-state index is 9.29. The van der Waals surface area contributed by atoms with Gasteiger partial charge in [-0.3, -0.25) is 0 Å². The van der Waals surface area contributed by atoms with E-state index in [4.69, 9.17) is 0 Å². The summed E-state index contributed by atoms with van der Waals surface area (Å²) in [6.07, 6.45) is 1.60. The van der Waals surface area contributed by atoms with Gasteiger partial charge < -0.3 is 5.11 Å². The highest BCUT2D eigenvalue weighted by atomic mass is 16.3. The summed E-state index contributed by atoms with van der Waals surface area (Å²) in [7, 11) is 0. The number of aromatic amines is 1. The number of aromatic nitrogens is 2. The van der Waals surface area contributed by atoms with Crippen molar-refractivity contribution in [3.63, 3.8) is 0 Å². The summed E-state index contributed by atoms with van der Waals surface area (Å²) in [6.45, 7) is 0. The first-order valence-electron chi connectivity index (χ1n) is 3.65. The molecule has 2 N–H and O–H groups in total. The van der Waals surface area contributed by atoms with E-state index in [-0.39, 0.29) is 5.88 Å². The van der Waals surface area contributed by atoms with E-state index in [0.717, 1.165) is 11.1 Å². The Hall–Kier alpha value is -1.77. The Labute approximate surface area is 69.7 Å². The number of H-pyrrole nitrogens is 1. The van der Waals surface area contributed by atoms with Crippen LogP contribution in [-0.4, -0.2) is 15.3 Å². The zero-order chi connectivity index (χ0) is 8.39. The van der Waals surface area contributed by atoms with Crippen LogP contribution in [0.5, 0.6) is 5.88 Å². The number of aromatic hydroxyl groups is 1. The molecule has 0 aliphatic carbocycles. The minimum absolute atomic E-state index is 0.112. The third kappa shape index (κ3) is 1.05. The zero-order valence-electron chi connectivity index (χ0n) is 6.36. The van der Waals surface area contributed by atoms with E-state index in [1.165, 1.54) is 0 Å². The summed E-state index contributed by atoms with van der Waals surface area (Å²) in [5.41, 5.74) is 1.69. The minimum atomic E-state index is 0.112. The van der Waals surface area contributed by atoms with Crippen LogP contribution in [0, 0.1) is 0 Å². The van der Waals surface area contributed by atoms with Gasteiger partial charge in [0.25, 0.3) is 0 Å². The zero-order valence-corrected chi connectivity index (χ0v) is 6.36. The molecule has 0 spiro atoms. The normalized spacial score (nSPS) is 10.0. The van der Waals surface area contributed by atoms with Gasteiger partial charge in [-0.25, -0.2) is 5.10 Å². The molecule has 0 radical (unpaired) electrons. The molecule has 3 heteroatoms. The van der Waals surface area contributed by atoms with Crippen LogP contribution in [0.25, 0.3) is 11.1 Å². The summed E-state index contributed by atoms with van der Waals surface area (Å²) in [5.74, 6) is 0.112. The first kappa shape index (κ1) is 6.91. The van der Waals surface area contributed by atoms with Crippen LogP contribution >= 0.6 is 0 Å². The lowest BCUT2D eigenvalue weighted by atomic mass is 10.1. The molecule has 2 aromatic rings. The van der Waals surface area contributed by atoms with Crippen molar-refractivity contribution in [2.45, 2.75) is 0 Å². The molecule has 0 bridgehead atoms. The second-order valence-electron chi connectivity index (χ2n) is 2.50. The van der Waals surface area contributed by atoms with Crippen molar-refractivity contribution >= 4 is 0 Å². The molecule has 2 rings (SSSR count). The van der Waals surface area contributed by atoms with E-state index in [0.29, 0.717) is 0 Å². The fraction of sp³-hybridized carbons (Fsp3) is 0. The van der Waals surface area contributed by atoms with Crippen molar-refractivity contribution in [3.05, 3.63) is 36.5 Å². The second kappa shape index (κ2) is 2.70. The maximum Gasteiger partial charge on any atom is 0.214 e. The van der Waals surface area contributed by atoms with Crippen molar-refractivity contribution in [1.29, 1.82) is 0 Å². The summed E-state index contributed by atoms with van der Waals surface area (Å²) >= 11 is 0. The lowest BCUT2D eigenvalue weighted by Crippen LogP contribution is -1.72. The SMILES string of the molecule is Oc1[nH]ncc1-c1ccccc1. The van der Waals surface area contributed by atoms with Gasteiger partial charge >= 0.3 is 0 Å². The molecule has 3 nitrogen and oxygen atoms in total. The van der Waals surface area contributed by atoms with Gasteiger partial charge in [0.05, 0.1) is 11.8 Å². The Balaban J connectivity index is 2.51. The monoisotopic (exact) mass is 160 g/mol. The van der Waals surface area contributed by atoms with E-state index in [1.54, 1.807) is 6.20 Å². The molecule has 0 aliphatic heterocycles. The Morgan fingerprint density at radius 2 is 1.92 bits per heavy atom. The minimum Gasteiger partial charge on any atom is -0.493 e. The van der Waals surface area contributed by atoms with Crippen LogP contribution in [0.15, 0.2) is 36.5 Å². The predicted octanol–water partition coefficient (Wildman–Crippen LogP) is 1.78. The fourth-order valence-corrected chi connectivity index (χ4v) is 1.11. The summed E-state index contributed by atoms with van der Waals surface area (Å²) in [4.78, 5) is 0. The van der Waals surface area contributed by atoms with Gasteiger partial charge in [0, 0.05) is 0 Å². The third-order valence-electron chi connectivity index (χ3n) is 1.70. The summed E-state index contributed by atoms with van der Waals surface area (Å²) in [5, 5.41) is 15.5. The van der Waals surface area contributed by atoms with Crippen LogP contribution in [0.4, 0.5) is 0 Å². The highest BCUT2D eigenvalue weighted by molar-refractivity contribution is 5.66. The Morgan fingerprint density at radius 3 is 2.50 bits per heavy atom. The number of nitrogens with zero attached hydrogens (tertiary/aromatic N) is 1. The molecule has 1 heterocycles. The molecule has 1 aromatic carbocycles. The highest BCUT2D eigenvalue weighted by Gasteiger charge is 2.03. The Bertz CT molecular complexity index is 367. The Morgan fingerprint density at radius 1 is 1.17 bits per heavy atom. The van der Waals surface area contributed by atoms with E-state index in [1.807, 2.05) is 30.3 Å². The quantitative estimate of drug-likeness (QED) is 0.668. The first-order valence-corrected chi connectivity index (χ1v) is 3.65. The molecule has 0 unspecified atom stereocenters. The number of rotatable bonds is 1. The average molecular weight is 160 g/mol. The highest BCUT2D eigenvalue weighted by Crippen LogP contribution is 2.25. The van der Waals surface area contributed by atoms with Gasteiger partial charge in [0.2, 0.25) is 5.88 Å². The predicted molar refractivity (Wildman–Crippen MR) is 45.7 cm³/mol. The van der Waals surface area contributed by atoms with Crippen LogP contribution in [-0.2, 0) is 0 Å². The molecule has 0 atom stereocenters. The largest absolute Gasteiger partial charge is 0.493 e. The molecule has 0 saturated heterocycles. The van der Waals surface area contributed by atoms with Crippen molar-refractivity contribution in [1.82, 2.24) is 10.2 Å². The van der Waals surface area contributed by atoms with Crippen molar-refractivity contribution < 1.29 is 5.11 Å². The summed E-state index contributed by atoms with van der Waals surface area (Å²) < 4.78 is 0. The van der Waals surface area contributed by atoms with E-state index >= 15 is 0 Å². The van der Waals surface area contributed by atoms with Crippen LogP contribution in [0.2, 0.25) is 0 Å². The van der Waals surface area contributed by atoms with E-state index in [9.17, 15) is 5.11 Å². The van der Waals surface area contributed by atoms with Gasteiger partial charge in [-0.1, -0.05) is 30.3 Å². The first-order chi connectivity index (χ1) is 5.88. The van der Waals surface area contributed by atoms with Gasteiger partial charge in [-0.2, -0.15) is 5.10 Å². The van der Waals surface area contributed by atoms with Crippen LogP contribution in [0.3, 0.4) is 0 Å². The standard InChI is InChI=1S/C9H8N2O/c12-9-8(6-10-11-9)7-4-2-1-3-5-7/h1-6H,(H2,10,11,12). The van der Waals surface area contributed by atoms with Gasteiger partial charge in [0.1, 0.15) is 0 Å². The molecule has 1 aromatic heterocycles. The van der Waals surface area contributed by atoms with Crippen LogP contribution in [0.1, 0.15) is 0 Å². The van der Waals surface area contributed by atoms with Gasteiger partial charge in [0.15, 0.2) is 0 Å². The number of hydrogen-bond acceptors (Lipinski definition) is 2. The molecule has 0 fully saturated rings. The van der Waals surface area contributed by atoms with E-state index in [2.05, 4.69) is 10.2 Å². The molecule has 0 saturated carbocycles. The molecule has 12 heavy (non-hydrogen) atoms. The summed E-state index contributed by atoms with van der Waals surface area (Å²) in [6, 6.07) is 9.61. The molecular weight excluding hydrogens is 152 g/mol. The second-order valence-corrected chi connectivity index (χ2v) is 2.50. The fourth-order valence-electron chi connectivity index (χ4n) is 1.11. The van der Waals surface area contributed by atoms with E-state index < -0.39 is 0 Å². The molecular formula is C9H8N2O. The topological polar surface area (TPSA) is 48.9 Å². The van der Waals surface area contributed by atoms with Gasteiger partial charge in [-0.05, 0) is 5.56 Å². The van der Waals surface area contributed by atoms with Crippen molar-refractivity contribution in [2.24, 2.45) is 0 Å². The molecule has 60 valence electrons. The van der Waals surface area contributed by atoms with Gasteiger partial charge in [-0.15, -0.1) is 0 Å². The number of nitrogens with one attached hydrogen (secondary N) is 1. The maximum absolute atomic E-state index is 9.29. The Kier molecular flexibility index (Phi) is 1.55. The smallest absolute Gasteiger partial charge is 0.214 e. The lowest BCUT2D eigenvalue weighted by molar-refractivity contribution is 0.454. The number of hydrogen-bond donors (Lipinski definition) is 2. The third-order valence-corrected chi connectivity index (χ3v) is 1.70. The van der Waals surface area contributed by atoms with Crippen molar-refractivity contribution in [2.75, 3.05) is 0 Å². The lowest BCUT2D eigenvalue weighted by Gasteiger charge is -1.95. The molecule has 0 aliphatic rings.